The van der Waals surface area contributed by atoms with Crippen molar-refractivity contribution in [2.24, 2.45) is 0 Å². The van der Waals surface area contributed by atoms with Crippen molar-refractivity contribution in [3.05, 3.63) is 94.5 Å². The summed E-state index contributed by atoms with van der Waals surface area (Å²) in [5, 5.41) is 12.6. The molecule has 0 heterocycles. The average Bonchev–Trinajstić information content (AvgIpc) is 2.79. The molecule has 0 unspecified atom stereocenters. The van der Waals surface area contributed by atoms with Gasteiger partial charge in [0.1, 0.15) is 23.1 Å². The zero-order valence-corrected chi connectivity index (χ0v) is 17.9. The Morgan fingerprint density at radius 3 is 2.41 bits per heavy atom. The lowest BCUT2D eigenvalue weighted by Gasteiger charge is -2.08. The summed E-state index contributed by atoms with van der Waals surface area (Å²) in [4.78, 5) is 24.7. The van der Waals surface area contributed by atoms with E-state index >= 15 is 0 Å². The maximum Gasteiger partial charge on any atom is 0.343 e. The molecule has 1 N–H and O–H groups in total. The summed E-state index contributed by atoms with van der Waals surface area (Å²) in [6.07, 6.45) is 1.45. The van der Waals surface area contributed by atoms with Gasteiger partial charge in [0.15, 0.2) is 0 Å². The number of amides is 1. The van der Waals surface area contributed by atoms with Crippen LogP contribution in [0.2, 0.25) is 5.02 Å². The summed E-state index contributed by atoms with van der Waals surface area (Å²) in [6, 6.07) is 21.6. The van der Waals surface area contributed by atoms with Crippen molar-refractivity contribution in [1.29, 1.82) is 5.26 Å². The molecule has 0 radical (unpaired) electrons. The Hall–Kier alpha value is -4.08. The highest BCUT2D eigenvalue weighted by Crippen LogP contribution is 2.20. The largest absolute Gasteiger partial charge is 0.494 e. The van der Waals surface area contributed by atoms with Gasteiger partial charge < -0.3 is 14.8 Å². The number of nitriles is 1. The minimum atomic E-state index is -0.542. The number of nitrogens with zero attached hydrogens (tertiary/aromatic N) is 1. The van der Waals surface area contributed by atoms with Crippen LogP contribution in [0.25, 0.3) is 6.08 Å². The first-order chi connectivity index (χ1) is 15.5. The van der Waals surface area contributed by atoms with Crippen LogP contribution < -0.4 is 14.8 Å². The van der Waals surface area contributed by atoms with Gasteiger partial charge >= 0.3 is 5.97 Å². The van der Waals surface area contributed by atoms with E-state index in [0.29, 0.717) is 39.9 Å². The molecule has 0 aromatic heterocycles. The molecule has 0 fully saturated rings. The van der Waals surface area contributed by atoms with Gasteiger partial charge in [0.05, 0.1) is 12.2 Å². The van der Waals surface area contributed by atoms with Gasteiger partial charge in [-0.05, 0) is 67.1 Å². The smallest absolute Gasteiger partial charge is 0.343 e. The fourth-order valence-electron chi connectivity index (χ4n) is 2.73. The molecule has 3 rings (SSSR count). The van der Waals surface area contributed by atoms with Crippen molar-refractivity contribution >= 4 is 35.2 Å². The van der Waals surface area contributed by atoms with Crippen LogP contribution in [0.5, 0.6) is 11.5 Å². The number of hydrogen-bond donors (Lipinski definition) is 1. The molecule has 32 heavy (non-hydrogen) atoms. The Morgan fingerprint density at radius 2 is 1.75 bits per heavy atom. The zero-order chi connectivity index (χ0) is 22.9. The number of carbonyl (C=O) groups excluding carboxylic acids is 2. The third kappa shape index (κ3) is 6.21. The van der Waals surface area contributed by atoms with E-state index in [9.17, 15) is 14.9 Å². The normalized spacial score (nSPS) is 10.7. The molecule has 0 saturated carbocycles. The molecule has 160 valence electrons. The highest BCUT2D eigenvalue weighted by atomic mass is 35.5. The molecule has 0 bridgehead atoms. The number of carbonyl (C=O) groups is 2. The van der Waals surface area contributed by atoms with Gasteiger partial charge in [-0.1, -0.05) is 29.8 Å². The maximum atomic E-state index is 12.5. The van der Waals surface area contributed by atoms with Gasteiger partial charge in [-0.2, -0.15) is 5.26 Å². The molecule has 0 atom stereocenters. The number of nitrogens with one attached hydrogen (secondary N) is 1. The van der Waals surface area contributed by atoms with Crippen molar-refractivity contribution in [3.8, 4) is 17.6 Å². The van der Waals surface area contributed by atoms with Crippen LogP contribution >= 0.6 is 11.6 Å². The third-order valence-corrected chi connectivity index (χ3v) is 4.50. The van der Waals surface area contributed by atoms with Crippen molar-refractivity contribution in [2.75, 3.05) is 11.9 Å². The monoisotopic (exact) mass is 446 g/mol. The molecule has 6 nitrogen and oxygen atoms in total. The molecule has 0 aliphatic carbocycles. The Morgan fingerprint density at radius 1 is 1.03 bits per heavy atom. The molecule has 1 amide bonds. The Bertz CT molecular complexity index is 1180. The third-order valence-electron chi connectivity index (χ3n) is 4.25. The summed E-state index contributed by atoms with van der Waals surface area (Å²) in [6.45, 7) is 2.37. The van der Waals surface area contributed by atoms with Crippen molar-refractivity contribution < 1.29 is 19.1 Å². The van der Waals surface area contributed by atoms with Crippen LogP contribution in [0.1, 0.15) is 22.8 Å². The zero-order valence-electron chi connectivity index (χ0n) is 17.2. The predicted molar refractivity (Wildman–Crippen MR) is 123 cm³/mol. The highest BCUT2D eigenvalue weighted by Gasteiger charge is 2.11. The molecule has 0 aliphatic rings. The van der Waals surface area contributed by atoms with Crippen LogP contribution in [-0.2, 0) is 4.79 Å². The second kappa shape index (κ2) is 10.8. The number of esters is 1. The van der Waals surface area contributed by atoms with Gasteiger partial charge in [-0.15, -0.1) is 0 Å². The quantitative estimate of drug-likeness (QED) is 0.224. The Balaban J connectivity index is 1.67. The summed E-state index contributed by atoms with van der Waals surface area (Å²) < 4.78 is 10.7. The summed E-state index contributed by atoms with van der Waals surface area (Å²) >= 11 is 5.82. The number of benzene rings is 3. The van der Waals surface area contributed by atoms with Crippen LogP contribution in [0.3, 0.4) is 0 Å². The minimum Gasteiger partial charge on any atom is -0.494 e. The number of anilines is 1. The van der Waals surface area contributed by atoms with E-state index in [2.05, 4.69) is 5.32 Å². The summed E-state index contributed by atoms with van der Waals surface area (Å²) in [5.41, 5.74) is 1.42. The van der Waals surface area contributed by atoms with E-state index in [0.717, 1.165) is 0 Å². The molecular formula is C25H19ClN2O4. The molecule has 0 saturated heterocycles. The number of ether oxygens (including phenoxy) is 2. The summed E-state index contributed by atoms with van der Waals surface area (Å²) in [5.74, 6) is -0.106. The van der Waals surface area contributed by atoms with E-state index in [1.165, 1.54) is 6.08 Å². The first kappa shape index (κ1) is 22.6. The van der Waals surface area contributed by atoms with E-state index in [1.807, 2.05) is 13.0 Å². The second-order valence-electron chi connectivity index (χ2n) is 6.55. The SMILES string of the molecule is CCOc1cccc(NC(=O)/C(C#N)=C/c2ccc(OC(=O)c3ccc(Cl)cc3)cc2)c1. The van der Waals surface area contributed by atoms with Crippen molar-refractivity contribution in [1.82, 2.24) is 0 Å². The standard InChI is InChI=1S/C25H19ClN2O4/c1-2-31-23-5-3-4-21(15-23)28-24(29)19(16-27)14-17-6-12-22(13-7-17)32-25(30)18-8-10-20(26)11-9-18/h3-15H,2H2,1H3,(H,28,29)/b19-14+. The number of halogens is 1. The van der Waals surface area contributed by atoms with Crippen LogP contribution in [0.4, 0.5) is 5.69 Å². The predicted octanol–water partition coefficient (Wildman–Crippen LogP) is 5.50. The van der Waals surface area contributed by atoms with Gasteiger partial charge in [0, 0.05) is 16.8 Å². The molecular weight excluding hydrogens is 428 g/mol. The average molecular weight is 447 g/mol. The summed E-state index contributed by atoms with van der Waals surface area (Å²) in [7, 11) is 0. The van der Waals surface area contributed by atoms with Crippen LogP contribution in [0, 0.1) is 11.3 Å². The molecule has 0 aliphatic heterocycles. The topological polar surface area (TPSA) is 88.4 Å². The lowest BCUT2D eigenvalue weighted by Crippen LogP contribution is -2.13. The Kier molecular flexibility index (Phi) is 7.63. The second-order valence-corrected chi connectivity index (χ2v) is 6.99. The van der Waals surface area contributed by atoms with E-state index in [4.69, 9.17) is 21.1 Å². The van der Waals surface area contributed by atoms with Crippen LogP contribution in [-0.4, -0.2) is 18.5 Å². The maximum absolute atomic E-state index is 12.5. The first-order valence-corrected chi connectivity index (χ1v) is 10.1. The van der Waals surface area contributed by atoms with E-state index in [-0.39, 0.29) is 5.57 Å². The van der Waals surface area contributed by atoms with Crippen molar-refractivity contribution in [3.63, 3.8) is 0 Å². The van der Waals surface area contributed by atoms with Crippen molar-refractivity contribution in [2.45, 2.75) is 6.92 Å². The molecule has 0 spiro atoms. The fourth-order valence-corrected chi connectivity index (χ4v) is 2.85. The lowest BCUT2D eigenvalue weighted by atomic mass is 10.1. The minimum absolute atomic E-state index is 0.0716. The first-order valence-electron chi connectivity index (χ1n) is 9.72. The molecule has 3 aromatic rings. The lowest BCUT2D eigenvalue weighted by molar-refractivity contribution is -0.112. The molecule has 3 aromatic carbocycles. The molecule has 7 heteroatoms. The fraction of sp³-hybridized carbons (Fsp3) is 0.0800. The highest BCUT2D eigenvalue weighted by molar-refractivity contribution is 6.30. The number of rotatable bonds is 7. The van der Waals surface area contributed by atoms with Gasteiger partial charge in [-0.3, -0.25) is 4.79 Å². The van der Waals surface area contributed by atoms with Gasteiger partial charge in [0.25, 0.3) is 5.91 Å². The van der Waals surface area contributed by atoms with Gasteiger partial charge in [0.2, 0.25) is 0 Å². The van der Waals surface area contributed by atoms with E-state index < -0.39 is 11.9 Å². The van der Waals surface area contributed by atoms with Crippen LogP contribution in [0.15, 0.2) is 78.4 Å². The van der Waals surface area contributed by atoms with Gasteiger partial charge in [-0.25, -0.2) is 4.79 Å². The van der Waals surface area contributed by atoms with E-state index in [1.54, 1.807) is 72.8 Å². The number of hydrogen-bond acceptors (Lipinski definition) is 5. The Labute approximate surface area is 190 Å².